The number of fused-ring (bicyclic) bond motifs is 3. The molecule has 0 bridgehead atoms. The lowest BCUT2D eigenvalue weighted by Gasteiger charge is -2.35. The molecule has 0 spiro atoms. The van der Waals surface area contributed by atoms with E-state index in [-0.39, 0.29) is 66.7 Å². The second-order valence-electron chi connectivity index (χ2n) is 26.0. The first-order valence-electron chi connectivity index (χ1n) is 26.8. The molecule has 80 heavy (non-hydrogen) atoms. The maximum Gasteiger partial charge on any atom is 0.297 e. The van der Waals surface area contributed by atoms with Crippen LogP contribution in [0.3, 0.4) is 0 Å². The highest BCUT2D eigenvalue weighted by Gasteiger charge is 2.36. The van der Waals surface area contributed by atoms with Gasteiger partial charge in [-0.25, -0.2) is 9.97 Å². The lowest BCUT2D eigenvalue weighted by molar-refractivity contribution is -0.384. The van der Waals surface area contributed by atoms with Gasteiger partial charge >= 0.3 is 0 Å². The molecule has 3 heterocycles. The third-order valence-electron chi connectivity index (χ3n) is 15.1. The van der Waals surface area contributed by atoms with Crippen LogP contribution in [-0.4, -0.2) is 49.2 Å². The molecular formula is C64H74N10O6. The van der Waals surface area contributed by atoms with Gasteiger partial charge in [0.05, 0.1) is 39.4 Å². The monoisotopic (exact) mass is 1080 g/mol. The Bertz CT molecular complexity index is 3990. The topological polar surface area (TPSA) is 209 Å². The smallest absolute Gasteiger partial charge is 0.297 e. The van der Waals surface area contributed by atoms with Crippen LogP contribution in [0.4, 0.5) is 17.1 Å². The van der Waals surface area contributed by atoms with Crippen molar-refractivity contribution in [1.82, 2.24) is 34.1 Å². The molecule has 16 nitrogen and oxygen atoms in total. The number of phenols is 2. The van der Waals surface area contributed by atoms with Gasteiger partial charge in [0.1, 0.15) is 33.9 Å². The molecule has 2 N–H and O–H groups in total. The molecule has 0 atom stereocenters. The zero-order valence-electron chi connectivity index (χ0n) is 49.0. The van der Waals surface area contributed by atoms with Crippen LogP contribution in [-0.2, 0) is 35.8 Å². The Hall–Kier alpha value is -8.40. The summed E-state index contributed by atoms with van der Waals surface area (Å²) in [7, 11) is 3.20. The summed E-state index contributed by atoms with van der Waals surface area (Å²) in [5.41, 5.74) is 6.02. The van der Waals surface area contributed by atoms with E-state index in [1.807, 2.05) is 74.5 Å². The molecule has 6 aromatic carbocycles. The van der Waals surface area contributed by atoms with E-state index in [4.69, 9.17) is 10.2 Å². The van der Waals surface area contributed by atoms with Crippen molar-refractivity contribution < 1.29 is 15.1 Å². The number of nitro benzene ring substituents is 1. The van der Waals surface area contributed by atoms with E-state index in [2.05, 4.69) is 121 Å². The average Bonchev–Trinajstić information content (AvgIpc) is 3.89. The number of nitro groups is 1. The van der Waals surface area contributed by atoms with Gasteiger partial charge in [0.15, 0.2) is 5.69 Å². The van der Waals surface area contributed by atoms with Crippen LogP contribution in [0.15, 0.2) is 142 Å². The zero-order valence-corrected chi connectivity index (χ0v) is 49.0. The van der Waals surface area contributed by atoms with Crippen LogP contribution in [0, 0.1) is 20.9 Å². The van der Waals surface area contributed by atoms with Gasteiger partial charge < -0.3 is 19.3 Å². The number of hydrogen-bond donors (Lipinski definition) is 2. The summed E-state index contributed by atoms with van der Waals surface area (Å²) >= 11 is 0. The van der Waals surface area contributed by atoms with Crippen LogP contribution in [0.2, 0.25) is 0 Å². The molecule has 9 rings (SSSR count). The van der Waals surface area contributed by atoms with E-state index in [1.54, 1.807) is 25.2 Å². The Labute approximate surface area is 467 Å². The standard InChI is InChI=1S/C32H37N5O4.C32H37N5O2/c1-30(2,3)18-31(4,5)21-14-23(32(6,7)20-12-10-9-11-13-20)28(38)26(15-21)35-34-25-17-24-22(16-27(25)37(40)41)29(39)36(8)19-33-24;1-30(2,3)18-31(4,5)21-14-23(32(6,7)20-12-10-9-11-13-20)28(38)27(15-21)37-34-25-16-22-24(17-26(25)35-37)33-19-36(8)29(22)39/h9-17,19,38H,18H2,1-8H3;9-17,19,38H,18H2,1-8H3. The third kappa shape index (κ3) is 11.8. The molecule has 0 saturated heterocycles. The molecule has 0 aliphatic heterocycles. The van der Waals surface area contributed by atoms with Crippen molar-refractivity contribution in [2.75, 3.05) is 0 Å². The van der Waals surface area contributed by atoms with E-state index in [1.165, 1.54) is 45.8 Å². The van der Waals surface area contributed by atoms with E-state index >= 15 is 0 Å². The van der Waals surface area contributed by atoms with Crippen LogP contribution < -0.4 is 11.1 Å². The Morgan fingerprint density at radius 3 is 1.41 bits per heavy atom. The normalized spacial score (nSPS) is 12.8. The van der Waals surface area contributed by atoms with Gasteiger partial charge in [-0.05, 0) is 87.1 Å². The summed E-state index contributed by atoms with van der Waals surface area (Å²) in [6.07, 6.45) is 4.67. The summed E-state index contributed by atoms with van der Waals surface area (Å²) in [6, 6.07) is 34.1. The number of hydrogen-bond acceptors (Lipinski definition) is 12. The van der Waals surface area contributed by atoms with E-state index in [9.17, 15) is 29.9 Å². The molecule has 0 amide bonds. The maximum absolute atomic E-state index is 12.7. The van der Waals surface area contributed by atoms with Gasteiger partial charge in [-0.3, -0.25) is 19.7 Å². The van der Waals surface area contributed by atoms with E-state index in [0.717, 1.165) is 40.7 Å². The van der Waals surface area contributed by atoms with Crippen molar-refractivity contribution in [3.63, 3.8) is 0 Å². The summed E-state index contributed by atoms with van der Waals surface area (Å²) < 4.78 is 2.70. The number of aromatic hydroxyl groups is 2. The molecule has 0 radical (unpaired) electrons. The zero-order chi connectivity index (χ0) is 58.7. The Kier molecular flexibility index (Phi) is 15.2. The summed E-state index contributed by atoms with van der Waals surface area (Å²) in [5, 5.41) is 53.9. The Morgan fingerprint density at radius 1 is 0.512 bits per heavy atom. The quantitative estimate of drug-likeness (QED) is 0.0672. The van der Waals surface area contributed by atoms with Gasteiger partial charge in [-0.15, -0.1) is 25.2 Å². The molecule has 16 heteroatoms. The number of aromatic nitrogens is 7. The fraction of sp³-hybridized carbons (Fsp3) is 0.375. The second kappa shape index (κ2) is 21.0. The molecule has 0 unspecified atom stereocenters. The summed E-state index contributed by atoms with van der Waals surface area (Å²) in [6.45, 7) is 30.4. The van der Waals surface area contributed by atoms with E-state index in [0.29, 0.717) is 33.2 Å². The summed E-state index contributed by atoms with van der Waals surface area (Å²) in [5.74, 6) is 0.0893. The van der Waals surface area contributed by atoms with Gasteiger partial charge in [0, 0.05) is 42.1 Å². The minimum atomic E-state index is -0.604. The molecular weight excluding hydrogens is 1000 g/mol. The van der Waals surface area contributed by atoms with Crippen molar-refractivity contribution in [3.8, 4) is 17.2 Å². The maximum atomic E-state index is 12.7. The van der Waals surface area contributed by atoms with Crippen molar-refractivity contribution in [2.45, 2.75) is 131 Å². The number of nitrogens with zero attached hydrogens (tertiary/aromatic N) is 10. The van der Waals surface area contributed by atoms with Crippen LogP contribution in [0.1, 0.15) is 143 Å². The van der Waals surface area contributed by atoms with Crippen LogP contribution in [0.5, 0.6) is 11.5 Å². The minimum absolute atomic E-state index is 0.0357. The molecule has 0 aliphatic carbocycles. The highest BCUT2D eigenvalue weighted by Crippen LogP contribution is 2.48. The number of benzene rings is 6. The van der Waals surface area contributed by atoms with Crippen molar-refractivity contribution in [3.05, 3.63) is 186 Å². The fourth-order valence-corrected chi connectivity index (χ4v) is 11.4. The first kappa shape index (κ1) is 57.8. The van der Waals surface area contributed by atoms with Gasteiger partial charge in [0.2, 0.25) is 0 Å². The largest absolute Gasteiger partial charge is 0.505 e. The van der Waals surface area contributed by atoms with Gasteiger partial charge in [-0.1, -0.05) is 170 Å². The first-order chi connectivity index (χ1) is 37.2. The first-order valence-corrected chi connectivity index (χ1v) is 26.8. The average molecular weight is 1080 g/mol. The number of rotatable bonds is 12. The number of phenolic OH excluding ortho intramolecular Hbond substituents is 2. The SMILES string of the molecule is Cn1cnc2cc(N=Nc3cc(C(C)(C)CC(C)(C)C)cc(C(C)(C)c4ccccc4)c3O)c([N+](=O)[O-])cc2c1=O.Cn1cnc2cc3nn(-c4cc(C(C)(C)CC(C)(C)C)cc(C(C)(C)c5ccccc5)c4O)nc3cc2c1=O. The summed E-state index contributed by atoms with van der Waals surface area (Å²) in [4.78, 5) is 46.6. The van der Waals surface area contributed by atoms with Gasteiger partial charge in [-0.2, -0.15) is 0 Å². The highest BCUT2D eigenvalue weighted by molar-refractivity contribution is 5.92. The predicted molar refractivity (Wildman–Crippen MR) is 318 cm³/mol. The molecule has 416 valence electrons. The predicted octanol–water partition coefficient (Wildman–Crippen LogP) is 14.4. The number of aryl methyl sites for hydroxylation is 2. The van der Waals surface area contributed by atoms with Crippen LogP contribution >= 0.6 is 0 Å². The minimum Gasteiger partial charge on any atom is -0.505 e. The number of azo groups is 1. The van der Waals surface area contributed by atoms with Crippen molar-refractivity contribution >= 4 is 49.9 Å². The van der Waals surface area contributed by atoms with Gasteiger partial charge in [0.25, 0.3) is 16.8 Å². The van der Waals surface area contributed by atoms with Crippen molar-refractivity contribution in [1.29, 1.82) is 0 Å². The fourth-order valence-electron chi connectivity index (χ4n) is 11.4. The lowest BCUT2D eigenvalue weighted by atomic mass is 9.70. The molecule has 9 aromatic rings. The molecule has 0 aliphatic rings. The molecule has 3 aromatic heterocycles. The highest BCUT2D eigenvalue weighted by atomic mass is 16.6. The van der Waals surface area contributed by atoms with E-state index < -0.39 is 21.3 Å². The Balaban J connectivity index is 0.000000210. The van der Waals surface area contributed by atoms with Crippen molar-refractivity contribution in [2.24, 2.45) is 35.2 Å². The third-order valence-corrected chi connectivity index (χ3v) is 15.1. The second-order valence-corrected chi connectivity index (χ2v) is 26.0. The Morgan fingerprint density at radius 2 is 0.938 bits per heavy atom. The molecule has 0 saturated carbocycles. The molecule has 0 fully saturated rings. The lowest BCUT2D eigenvalue weighted by Crippen LogP contribution is -2.27. The van der Waals surface area contributed by atoms with Crippen LogP contribution in [0.25, 0.3) is 38.5 Å².